The molecule has 1 aliphatic heterocycles. The van der Waals surface area contributed by atoms with Crippen molar-refractivity contribution in [1.82, 2.24) is 5.32 Å². The highest BCUT2D eigenvalue weighted by Crippen LogP contribution is 2.48. The Morgan fingerprint density at radius 3 is 2.18 bits per heavy atom. The molecule has 1 aromatic heterocycles. The average molecular weight is 701 g/mol. The van der Waals surface area contributed by atoms with Crippen LogP contribution in [0.5, 0.6) is 0 Å². The highest BCUT2D eigenvalue weighted by atomic mass is 32.2. The number of alkyl halides is 3. The van der Waals surface area contributed by atoms with Gasteiger partial charge in [-0.1, -0.05) is 12.1 Å². The molecule has 6 rings (SSSR count). The van der Waals surface area contributed by atoms with Crippen molar-refractivity contribution in [2.24, 2.45) is 0 Å². The third-order valence-electron chi connectivity index (χ3n) is 9.63. The molecule has 1 saturated heterocycles. The largest absolute Gasteiger partial charge is 0.494 e. The molecule has 14 heteroatoms. The van der Waals surface area contributed by atoms with E-state index in [2.05, 4.69) is 5.32 Å². The van der Waals surface area contributed by atoms with Crippen LogP contribution in [-0.2, 0) is 31.9 Å². The van der Waals surface area contributed by atoms with Crippen LogP contribution in [0.4, 0.5) is 23.2 Å². The summed E-state index contributed by atoms with van der Waals surface area (Å²) in [5.41, 5.74) is -0.532. The van der Waals surface area contributed by atoms with Crippen LogP contribution in [0.15, 0.2) is 59.0 Å². The van der Waals surface area contributed by atoms with E-state index in [1.54, 1.807) is 6.07 Å². The summed E-state index contributed by atoms with van der Waals surface area (Å²) < 4.78 is 103. The van der Waals surface area contributed by atoms with E-state index in [0.717, 1.165) is 29.5 Å². The molecule has 1 N–H and O–H groups in total. The summed E-state index contributed by atoms with van der Waals surface area (Å²) in [4.78, 5) is 13.1. The van der Waals surface area contributed by atoms with E-state index < -0.39 is 51.8 Å². The van der Waals surface area contributed by atoms with Gasteiger partial charge in [-0.3, -0.25) is 9.10 Å². The van der Waals surface area contributed by atoms with Crippen molar-refractivity contribution in [3.05, 3.63) is 82.7 Å². The number of nitrogens with zero attached hydrogens (tertiary/aromatic N) is 1. The summed E-state index contributed by atoms with van der Waals surface area (Å²) in [6, 6.07) is 12.5. The van der Waals surface area contributed by atoms with Gasteiger partial charge in [0.1, 0.15) is 17.2 Å². The van der Waals surface area contributed by atoms with Crippen molar-refractivity contribution >= 4 is 45.2 Å². The lowest BCUT2D eigenvalue weighted by molar-refractivity contribution is -0.138. The van der Waals surface area contributed by atoms with Gasteiger partial charge >= 0.3 is 13.3 Å². The summed E-state index contributed by atoms with van der Waals surface area (Å²) in [5.74, 6) is -0.762. The first-order chi connectivity index (χ1) is 22.8. The Kier molecular flexibility index (Phi) is 8.68. The number of amides is 1. The first kappa shape index (κ1) is 35.0. The van der Waals surface area contributed by atoms with Gasteiger partial charge in [-0.25, -0.2) is 12.8 Å². The standard InChI is InChI=1S/C35H37BF4N2O6S/c1-33(2)34(3,4)48-36(47-33)23-12-9-21(27(17-23)35(38,39)40)15-16-42(49(6,44)45)28-19-29-26(18-25(28)20-7-8-20)30(32(43)41-5)31(46-29)22-10-13-24(37)14-11-22/h9-14,17-20H,7-8,15-16H2,1-6H3,(H,41,43). The Morgan fingerprint density at radius 1 is 1.00 bits per heavy atom. The van der Waals surface area contributed by atoms with Gasteiger partial charge in [0.2, 0.25) is 10.0 Å². The molecule has 8 nitrogen and oxygen atoms in total. The second-order valence-electron chi connectivity index (χ2n) is 13.7. The Morgan fingerprint density at radius 2 is 1.63 bits per heavy atom. The monoisotopic (exact) mass is 700 g/mol. The highest BCUT2D eigenvalue weighted by Gasteiger charge is 2.52. The summed E-state index contributed by atoms with van der Waals surface area (Å²) in [6.07, 6.45) is -2.44. The molecule has 49 heavy (non-hydrogen) atoms. The molecule has 3 aromatic carbocycles. The summed E-state index contributed by atoms with van der Waals surface area (Å²) >= 11 is 0. The van der Waals surface area contributed by atoms with Crippen LogP contribution in [0.3, 0.4) is 0 Å². The normalized spacial score (nSPS) is 17.5. The molecule has 2 fully saturated rings. The third-order valence-corrected chi connectivity index (χ3v) is 10.8. The van der Waals surface area contributed by atoms with Gasteiger partial charge < -0.3 is 19.0 Å². The van der Waals surface area contributed by atoms with Crippen LogP contribution >= 0.6 is 0 Å². The maximum Gasteiger partial charge on any atom is 0.494 e. The molecule has 4 aromatic rings. The Bertz CT molecular complexity index is 2020. The average Bonchev–Trinajstić information content (AvgIpc) is 3.74. The van der Waals surface area contributed by atoms with Gasteiger partial charge in [0.05, 0.1) is 34.3 Å². The molecule has 2 aliphatic rings. The van der Waals surface area contributed by atoms with Crippen molar-refractivity contribution in [2.45, 2.75) is 70.3 Å². The molecular formula is C35H37BF4N2O6S. The number of carbonyl (C=O) groups excluding carboxylic acids is 1. The third kappa shape index (κ3) is 6.70. The fraction of sp³-hybridized carbons (Fsp3) is 0.400. The number of benzene rings is 3. The molecule has 1 amide bonds. The zero-order chi connectivity index (χ0) is 35.7. The van der Waals surface area contributed by atoms with E-state index in [0.29, 0.717) is 16.5 Å². The molecule has 2 heterocycles. The van der Waals surface area contributed by atoms with Gasteiger partial charge in [-0.2, -0.15) is 13.2 Å². The molecule has 1 saturated carbocycles. The molecule has 0 atom stereocenters. The number of rotatable bonds is 9. The lowest BCUT2D eigenvalue weighted by atomic mass is 9.77. The first-order valence-electron chi connectivity index (χ1n) is 15.9. The minimum absolute atomic E-state index is 0.0182. The first-order valence-corrected chi connectivity index (χ1v) is 17.8. The van der Waals surface area contributed by atoms with Gasteiger partial charge in [0.15, 0.2) is 0 Å². The molecular weight excluding hydrogens is 663 g/mol. The molecule has 0 spiro atoms. The number of fused-ring (bicyclic) bond motifs is 1. The fourth-order valence-electron chi connectivity index (χ4n) is 6.13. The van der Waals surface area contributed by atoms with Crippen LogP contribution in [0.2, 0.25) is 0 Å². The van der Waals surface area contributed by atoms with E-state index in [-0.39, 0.29) is 52.5 Å². The Labute approximate surface area is 282 Å². The van der Waals surface area contributed by atoms with Crippen LogP contribution in [-0.4, -0.2) is 52.5 Å². The summed E-state index contributed by atoms with van der Waals surface area (Å²) in [6.45, 7) is 6.95. The highest BCUT2D eigenvalue weighted by molar-refractivity contribution is 7.92. The number of halogens is 4. The van der Waals surface area contributed by atoms with Crippen LogP contribution in [0, 0.1) is 5.82 Å². The second kappa shape index (κ2) is 12.2. The predicted octanol–water partition coefficient (Wildman–Crippen LogP) is 6.80. The van der Waals surface area contributed by atoms with E-state index in [9.17, 15) is 30.8 Å². The minimum Gasteiger partial charge on any atom is -0.455 e. The van der Waals surface area contributed by atoms with Crippen molar-refractivity contribution in [3.8, 4) is 11.3 Å². The molecule has 0 bridgehead atoms. The Hall–Kier alpha value is -3.88. The number of hydrogen-bond acceptors (Lipinski definition) is 6. The number of hydrogen-bond donors (Lipinski definition) is 1. The number of furan rings is 1. The second-order valence-corrected chi connectivity index (χ2v) is 15.6. The number of anilines is 1. The summed E-state index contributed by atoms with van der Waals surface area (Å²) in [7, 11) is -3.55. The minimum atomic E-state index is -4.73. The predicted molar refractivity (Wildman–Crippen MR) is 180 cm³/mol. The lowest BCUT2D eigenvalue weighted by Gasteiger charge is -2.32. The SMILES string of the molecule is CNC(=O)c1c(-c2ccc(F)cc2)oc2cc(N(CCc3ccc(B4OC(C)(C)C(C)(C)O4)cc3C(F)(F)F)S(C)(=O)=O)c(C3CC3)cc12. The molecule has 1 aliphatic carbocycles. The summed E-state index contributed by atoms with van der Waals surface area (Å²) in [5, 5.41) is 3.05. The maximum absolute atomic E-state index is 14.5. The number of nitrogens with one attached hydrogen (secondary N) is 1. The number of carbonyl (C=O) groups is 1. The quantitative estimate of drug-likeness (QED) is 0.152. The fourth-order valence-corrected chi connectivity index (χ4v) is 7.07. The van der Waals surface area contributed by atoms with E-state index in [1.807, 2.05) is 27.7 Å². The molecule has 260 valence electrons. The maximum atomic E-state index is 14.5. The van der Waals surface area contributed by atoms with E-state index in [4.69, 9.17) is 13.7 Å². The topological polar surface area (TPSA) is 98.1 Å². The van der Waals surface area contributed by atoms with E-state index in [1.165, 1.54) is 49.5 Å². The molecule has 0 radical (unpaired) electrons. The number of sulfonamides is 1. The van der Waals surface area contributed by atoms with E-state index >= 15 is 0 Å². The van der Waals surface area contributed by atoms with Gasteiger partial charge in [0, 0.05) is 30.6 Å². The van der Waals surface area contributed by atoms with Gasteiger partial charge in [-0.05, 0) is 106 Å². The zero-order valence-electron chi connectivity index (χ0n) is 28.0. The van der Waals surface area contributed by atoms with Gasteiger partial charge in [0.25, 0.3) is 5.91 Å². The van der Waals surface area contributed by atoms with Gasteiger partial charge in [-0.15, -0.1) is 0 Å². The smallest absolute Gasteiger partial charge is 0.455 e. The van der Waals surface area contributed by atoms with Crippen molar-refractivity contribution in [2.75, 3.05) is 24.2 Å². The zero-order valence-corrected chi connectivity index (χ0v) is 28.8. The molecule has 0 unspecified atom stereocenters. The lowest BCUT2D eigenvalue weighted by Crippen LogP contribution is -2.41. The Balaban J connectivity index is 1.40. The van der Waals surface area contributed by atoms with Crippen LogP contribution < -0.4 is 15.1 Å². The van der Waals surface area contributed by atoms with Crippen LogP contribution in [0.1, 0.15) is 73.5 Å². The van der Waals surface area contributed by atoms with Crippen molar-refractivity contribution in [1.29, 1.82) is 0 Å². The van der Waals surface area contributed by atoms with Crippen LogP contribution in [0.25, 0.3) is 22.3 Å². The van der Waals surface area contributed by atoms with Crippen molar-refractivity contribution in [3.63, 3.8) is 0 Å². The van der Waals surface area contributed by atoms with Crippen molar-refractivity contribution < 1.29 is 44.5 Å².